The number of aliphatic hydroxyl groups excluding tert-OH is 1. The minimum atomic E-state index is -0.628. The number of nitrogens with one attached hydrogen (secondary N) is 1. The van der Waals surface area contributed by atoms with Gasteiger partial charge in [0.05, 0.1) is 19.1 Å². The molecule has 29 heavy (non-hydrogen) atoms. The summed E-state index contributed by atoms with van der Waals surface area (Å²) in [5.74, 6) is -0.729. The van der Waals surface area contributed by atoms with Crippen LogP contribution in [-0.2, 0) is 22.7 Å². The Labute approximate surface area is 169 Å². The molecule has 2 N–H and O–H groups in total. The van der Waals surface area contributed by atoms with Crippen LogP contribution in [0, 0.1) is 5.82 Å². The lowest BCUT2D eigenvalue weighted by molar-refractivity contribution is -0.139. The minimum absolute atomic E-state index is 0.00792. The summed E-state index contributed by atoms with van der Waals surface area (Å²) in [6.07, 6.45) is 0.00792. The van der Waals surface area contributed by atoms with Gasteiger partial charge < -0.3 is 15.3 Å². The number of carbonyl (C=O) groups is 2. The molecule has 1 unspecified atom stereocenters. The fourth-order valence-corrected chi connectivity index (χ4v) is 3.55. The molecule has 0 saturated carbocycles. The number of amides is 2. The number of rotatable bonds is 8. The van der Waals surface area contributed by atoms with Gasteiger partial charge in [0.15, 0.2) is 0 Å². The Morgan fingerprint density at radius 3 is 2.66 bits per heavy atom. The van der Waals surface area contributed by atoms with E-state index in [2.05, 4.69) is 5.32 Å². The summed E-state index contributed by atoms with van der Waals surface area (Å²) in [6, 6.07) is 15.2. The molecular formula is C22H26FN3O3. The summed E-state index contributed by atoms with van der Waals surface area (Å²) in [6.45, 7) is 1.89. The highest BCUT2D eigenvalue weighted by Crippen LogP contribution is 2.17. The molecule has 1 fully saturated rings. The second-order valence-corrected chi connectivity index (χ2v) is 7.14. The second-order valence-electron chi connectivity index (χ2n) is 7.14. The van der Waals surface area contributed by atoms with Gasteiger partial charge in [-0.15, -0.1) is 0 Å². The second kappa shape index (κ2) is 10.1. The zero-order valence-corrected chi connectivity index (χ0v) is 16.3. The predicted octanol–water partition coefficient (Wildman–Crippen LogP) is 1.54. The van der Waals surface area contributed by atoms with Gasteiger partial charge in [0, 0.05) is 32.7 Å². The molecule has 1 heterocycles. The lowest BCUT2D eigenvalue weighted by Gasteiger charge is -2.35. The number of carbonyl (C=O) groups excluding carboxylic acids is 2. The summed E-state index contributed by atoms with van der Waals surface area (Å²) in [7, 11) is 0. The maximum atomic E-state index is 13.5. The van der Waals surface area contributed by atoms with Crippen LogP contribution >= 0.6 is 0 Å². The van der Waals surface area contributed by atoms with Crippen LogP contribution in [-0.4, -0.2) is 59.0 Å². The fourth-order valence-electron chi connectivity index (χ4n) is 3.55. The molecule has 0 radical (unpaired) electrons. The van der Waals surface area contributed by atoms with E-state index in [1.54, 1.807) is 11.0 Å². The minimum Gasteiger partial charge on any atom is -0.395 e. The van der Waals surface area contributed by atoms with Crippen LogP contribution in [0.5, 0.6) is 0 Å². The maximum Gasteiger partial charge on any atom is 0.237 e. The van der Waals surface area contributed by atoms with Crippen LogP contribution in [0.25, 0.3) is 0 Å². The fraction of sp³-hybridized carbons (Fsp3) is 0.364. The third-order valence-electron chi connectivity index (χ3n) is 5.02. The third-order valence-corrected chi connectivity index (χ3v) is 5.02. The number of piperazine rings is 1. The molecule has 6 nitrogen and oxygen atoms in total. The predicted molar refractivity (Wildman–Crippen MR) is 107 cm³/mol. The molecule has 2 aromatic carbocycles. The van der Waals surface area contributed by atoms with Crippen LogP contribution in [0.1, 0.15) is 17.5 Å². The molecule has 1 atom stereocenters. The van der Waals surface area contributed by atoms with Crippen molar-refractivity contribution in [2.45, 2.75) is 25.6 Å². The monoisotopic (exact) mass is 399 g/mol. The van der Waals surface area contributed by atoms with E-state index < -0.39 is 6.04 Å². The molecule has 1 aliphatic rings. The van der Waals surface area contributed by atoms with Gasteiger partial charge in [0.25, 0.3) is 0 Å². The van der Waals surface area contributed by atoms with Gasteiger partial charge in [0.1, 0.15) is 5.82 Å². The van der Waals surface area contributed by atoms with Crippen molar-refractivity contribution in [3.8, 4) is 0 Å². The molecule has 0 spiro atoms. The van der Waals surface area contributed by atoms with E-state index in [4.69, 9.17) is 0 Å². The lowest BCUT2D eigenvalue weighted by atomic mass is 10.1. The van der Waals surface area contributed by atoms with Crippen LogP contribution in [0.3, 0.4) is 0 Å². The third kappa shape index (κ3) is 5.85. The van der Waals surface area contributed by atoms with E-state index in [0.29, 0.717) is 26.2 Å². The quantitative estimate of drug-likeness (QED) is 0.706. The molecule has 2 amide bonds. The van der Waals surface area contributed by atoms with Crippen molar-refractivity contribution >= 4 is 11.8 Å². The molecular weight excluding hydrogens is 373 g/mol. The highest BCUT2D eigenvalue weighted by molar-refractivity contribution is 5.88. The summed E-state index contributed by atoms with van der Waals surface area (Å²) in [4.78, 5) is 28.9. The van der Waals surface area contributed by atoms with Crippen molar-refractivity contribution in [1.82, 2.24) is 15.1 Å². The van der Waals surface area contributed by atoms with E-state index in [9.17, 15) is 19.1 Å². The first-order chi connectivity index (χ1) is 14.1. The first kappa shape index (κ1) is 21.0. The Hall–Kier alpha value is -2.77. The average molecular weight is 399 g/mol. The highest BCUT2D eigenvalue weighted by Gasteiger charge is 2.33. The van der Waals surface area contributed by atoms with Gasteiger partial charge in [-0.05, 0) is 23.3 Å². The number of benzene rings is 2. The van der Waals surface area contributed by atoms with Crippen molar-refractivity contribution < 1.29 is 19.1 Å². The van der Waals surface area contributed by atoms with Gasteiger partial charge in [0.2, 0.25) is 11.8 Å². The Kier molecular flexibility index (Phi) is 7.32. The van der Waals surface area contributed by atoms with Crippen molar-refractivity contribution in [2.75, 3.05) is 26.2 Å². The number of aliphatic hydroxyl groups is 1. The molecule has 7 heteroatoms. The Bertz CT molecular complexity index is 831. The van der Waals surface area contributed by atoms with Crippen LogP contribution in [0.4, 0.5) is 4.39 Å². The Morgan fingerprint density at radius 1 is 1.17 bits per heavy atom. The summed E-state index contributed by atoms with van der Waals surface area (Å²) < 4.78 is 13.5. The first-order valence-corrected chi connectivity index (χ1v) is 9.75. The zero-order valence-electron chi connectivity index (χ0n) is 16.3. The molecule has 1 aliphatic heterocycles. The van der Waals surface area contributed by atoms with Crippen molar-refractivity contribution in [3.63, 3.8) is 0 Å². The number of hydrogen-bond acceptors (Lipinski definition) is 4. The smallest absolute Gasteiger partial charge is 0.237 e. The molecule has 0 aliphatic carbocycles. The summed E-state index contributed by atoms with van der Waals surface area (Å²) >= 11 is 0. The molecule has 0 bridgehead atoms. The van der Waals surface area contributed by atoms with E-state index in [-0.39, 0.29) is 37.2 Å². The van der Waals surface area contributed by atoms with Gasteiger partial charge in [-0.1, -0.05) is 42.5 Å². The normalized spacial score (nSPS) is 17.0. The van der Waals surface area contributed by atoms with Crippen molar-refractivity contribution in [3.05, 3.63) is 71.5 Å². The Balaban J connectivity index is 1.70. The SMILES string of the molecule is O=C1NCCN(Cc2cccc(F)c2)C1CC(=O)N(CCO)Cc1ccccc1. The van der Waals surface area contributed by atoms with Crippen LogP contribution < -0.4 is 5.32 Å². The topological polar surface area (TPSA) is 72.9 Å². The van der Waals surface area contributed by atoms with Gasteiger partial charge in [-0.3, -0.25) is 14.5 Å². The van der Waals surface area contributed by atoms with Crippen LogP contribution in [0.15, 0.2) is 54.6 Å². The number of halogens is 1. The van der Waals surface area contributed by atoms with Gasteiger partial charge >= 0.3 is 0 Å². The van der Waals surface area contributed by atoms with Crippen LogP contribution in [0.2, 0.25) is 0 Å². The molecule has 3 rings (SSSR count). The van der Waals surface area contributed by atoms with E-state index in [0.717, 1.165) is 11.1 Å². The summed E-state index contributed by atoms with van der Waals surface area (Å²) in [5.41, 5.74) is 1.72. The zero-order chi connectivity index (χ0) is 20.6. The van der Waals surface area contributed by atoms with Gasteiger partial charge in [-0.2, -0.15) is 0 Å². The van der Waals surface area contributed by atoms with Crippen molar-refractivity contribution in [2.24, 2.45) is 0 Å². The lowest BCUT2D eigenvalue weighted by Crippen LogP contribution is -2.56. The van der Waals surface area contributed by atoms with E-state index in [1.165, 1.54) is 12.1 Å². The largest absolute Gasteiger partial charge is 0.395 e. The van der Waals surface area contributed by atoms with E-state index in [1.807, 2.05) is 41.3 Å². The summed E-state index contributed by atoms with van der Waals surface area (Å²) in [5, 5.41) is 12.2. The standard InChI is InChI=1S/C22H26FN3O3/c23-19-8-4-7-18(13-19)16-25-10-9-24-22(29)20(25)14-21(28)26(11-12-27)15-17-5-2-1-3-6-17/h1-8,13,20,27H,9-12,14-16H2,(H,24,29). The molecule has 2 aromatic rings. The first-order valence-electron chi connectivity index (χ1n) is 9.75. The molecule has 154 valence electrons. The maximum absolute atomic E-state index is 13.5. The highest BCUT2D eigenvalue weighted by atomic mass is 19.1. The number of hydrogen-bond donors (Lipinski definition) is 2. The number of nitrogens with zero attached hydrogens (tertiary/aromatic N) is 2. The Morgan fingerprint density at radius 2 is 1.93 bits per heavy atom. The van der Waals surface area contributed by atoms with Gasteiger partial charge in [-0.25, -0.2) is 4.39 Å². The average Bonchev–Trinajstić information content (AvgIpc) is 2.71. The van der Waals surface area contributed by atoms with Crippen molar-refractivity contribution in [1.29, 1.82) is 0 Å². The van der Waals surface area contributed by atoms with E-state index >= 15 is 0 Å². The molecule has 1 saturated heterocycles. The molecule has 0 aromatic heterocycles.